The van der Waals surface area contributed by atoms with Crippen LogP contribution >= 0.6 is 0 Å². The average Bonchev–Trinajstić information content (AvgIpc) is 2.82. The lowest BCUT2D eigenvalue weighted by molar-refractivity contribution is -0.148. The van der Waals surface area contributed by atoms with E-state index < -0.39 is 0 Å². The first-order valence-electron chi connectivity index (χ1n) is 12.3. The third-order valence-corrected chi connectivity index (χ3v) is 5.76. The predicted octanol–water partition coefficient (Wildman–Crippen LogP) is 5.65. The molecular weight excluding hydrogens is 408 g/mol. The Hall–Kier alpha value is -1.66. The van der Waals surface area contributed by atoms with Gasteiger partial charge in [0, 0.05) is 37.2 Å². The average molecular weight is 455 g/mol. The van der Waals surface area contributed by atoms with E-state index in [0.29, 0.717) is 26.4 Å². The van der Waals surface area contributed by atoms with Crippen LogP contribution in [0.5, 0.6) is 0 Å². The molecule has 0 aromatic heterocycles. The minimum Gasteiger partial charge on any atom is -0.459 e. The molecule has 32 heavy (non-hydrogen) atoms. The topological polar surface area (TPSA) is 71.1 Å². The smallest absolute Gasteiger partial charge is 0.330 e. The molecule has 0 spiro atoms. The fourth-order valence-electron chi connectivity index (χ4n) is 3.63. The van der Waals surface area contributed by atoms with E-state index in [4.69, 9.17) is 18.9 Å². The molecule has 0 fully saturated rings. The largest absolute Gasteiger partial charge is 0.459 e. The van der Waals surface area contributed by atoms with E-state index in [2.05, 4.69) is 27.0 Å². The zero-order chi connectivity index (χ0) is 24.2. The summed E-state index contributed by atoms with van der Waals surface area (Å²) < 4.78 is 22.5. The summed E-state index contributed by atoms with van der Waals surface area (Å²) in [7, 11) is 0. The highest BCUT2D eigenvalue weighted by Crippen LogP contribution is 2.18. The second-order valence-electron chi connectivity index (χ2n) is 8.08. The van der Waals surface area contributed by atoms with Crippen LogP contribution in [0.1, 0.15) is 79.1 Å². The maximum atomic E-state index is 11.5. The molecule has 0 radical (unpaired) electrons. The molecule has 6 nitrogen and oxygen atoms in total. The minimum atomic E-state index is -0.370. The Morgan fingerprint density at radius 2 is 1.03 bits per heavy atom. The molecule has 0 aromatic carbocycles. The number of carbonyl (C=O) groups excluding carboxylic acids is 2. The van der Waals surface area contributed by atoms with Gasteiger partial charge < -0.3 is 18.9 Å². The number of carbonyl (C=O) groups is 2. The molecule has 0 rings (SSSR count). The summed E-state index contributed by atoms with van der Waals surface area (Å²) in [6.07, 6.45) is 9.73. The Balaban J connectivity index is 3.92. The van der Waals surface area contributed by atoms with Gasteiger partial charge in [-0.05, 0) is 38.5 Å². The van der Waals surface area contributed by atoms with Crippen LogP contribution in [0.15, 0.2) is 25.3 Å². The lowest BCUT2D eigenvalue weighted by Crippen LogP contribution is -2.29. The zero-order valence-electron chi connectivity index (χ0n) is 20.8. The molecule has 0 bridgehead atoms. The van der Waals surface area contributed by atoms with Crippen molar-refractivity contribution in [3.63, 3.8) is 0 Å². The molecule has 0 aromatic rings. The third kappa shape index (κ3) is 13.7. The molecule has 6 heteroatoms. The van der Waals surface area contributed by atoms with Gasteiger partial charge in [0.25, 0.3) is 0 Å². The second kappa shape index (κ2) is 20.0. The summed E-state index contributed by atoms with van der Waals surface area (Å²) in [5.74, 6) is -0.320. The predicted molar refractivity (Wildman–Crippen MR) is 128 cm³/mol. The van der Waals surface area contributed by atoms with Gasteiger partial charge in [0.15, 0.2) is 0 Å². The van der Waals surface area contributed by atoms with Gasteiger partial charge in [0.2, 0.25) is 0 Å². The molecule has 4 atom stereocenters. The normalized spacial score (nSPS) is 14.8. The molecule has 4 unspecified atom stereocenters. The van der Waals surface area contributed by atoms with Crippen LogP contribution in [0.4, 0.5) is 0 Å². The molecule has 0 aliphatic heterocycles. The molecule has 0 heterocycles. The maximum absolute atomic E-state index is 11.5. The highest BCUT2D eigenvalue weighted by molar-refractivity contribution is 5.81. The number of esters is 2. The molecule has 0 N–H and O–H groups in total. The van der Waals surface area contributed by atoms with E-state index in [9.17, 15) is 9.59 Å². The van der Waals surface area contributed by atoms with Crippen molar-refractivity contribution in [1.82, 2.24) is 0 Å². The van der Waals surface area contributed by atoms with Crippen LogP contribution in [-0.2, 0) is 28.5 Å². The van der Waals surface area contributed by atoms with Crippen molar-refractivity contribution in [2.75, 3.05) is 26.4 Å². The summed E-state index contributed by atoms with van der Waals surface area (Å²) in [6.45, 7) is 17.8. The monoisotopic (exact) mass is 454 g/mol. The summed E-state index contributed by atoms with van der Waals surface area (Å²) in [4.78, 5) is 22.9. The van der Waals surface area contributed by atoms with Crippen LogP contribution in [0.2, 0.25) is 0 Å². The van der Waals surface area contributed by atoms with E-state index >= 15 is 0 Å². The van der Waals surface area contributed by atoms with Crippen molar-refractivity contribution in [3.8, 4) is 0 Å². The highest BCUT2D eigenvalue weighted by Gasteiger charge is 2.22. The Morgan fingerprint density at radius 3 is 1.31 bits per heavy atom. The number of ether oxygens (including phenoxy) is 4. The van der Waals surface area contributed by atoms with Crippen molar-refractivity contribution < 1.29 is 28.5 Å². The van der Waals surface area contributed by atoms with Gasteiger partial charge in [-0.2, -0.15) is 0 Å². The number of hydrogen-bond acceptors (Lipinski definition) is 6. The standard InChI is InChI=1S/C26H46O6/c1-7-21(23(9-3)31-25(27)11-5)19-29-17-15-13-14-16-18-30-20-22(8-2)24(10-4)32-26(28)12-6/h11-12,21-24H,5-10,13-20H2,1-4H3. The first-order valence-corrected chi connectivity index (χ1v) is 12.3. The summed E-state index contributed by atoms with van der Waals surface area (Å²) >= 11 is 0. The molecule has 0 saturated heterocycles. The quantitative estimate of drug-likeness (QED) is 0.127. The van der Waals surface area contributed by atoms with Gasteiger partial charge in [0.1, 0.15) is 12.2 Å². The van der Waals surface area contributed by atoms with Gasteiger partial charge in [-0.1, -0.05) is 53.7 Å². The van der Waals surface area contributed by atoms with Crippen LogP contribution < -0.4 is 0 Å². The third-order valence-electron chi connectivity index (χ3n) is 5.76. The lowest BCUT2D eigenvalue weighted by Gasteiger charge is -2.25. The number of hydrogen-bond donors (Lipinski definition) is 0. The van der Waals surface area contributed by atoms with Gasteiger partial charge in [0.05, 0.1) is 13.2 Å². The van der Waals surface area contributed by atoms with E-state index in [1.807, 2.05) is 13.8 Å². The first-order chi connectivity index (χ1) is 15.5. The second-order valence-corrected chi connectivity index (χ2v) is 8.08. The Bertz CT molecular complexity index is 472. The molecule has 0 aliphatic carbocycles. The van der Waals surface area contributed by atoms with Crippen LogP contribution in [0.25, 0.3) is 0 Å². The maximum Gasteiger partial charge on any atom is 0.330 e. The Labute approximate surface area is 195 Å². The van der Waals surface area contributed by atoms with E-state index in [1.54, 1.807) is 0 Å². The summed E-state index contributed by atoms with van der Waals surface area (Å²) in [6, 6.07) is 0. The molecule has 186 valence electrons. The van der Waals surface area contributed by atoms with Gasteiger partial charge >= 0.3 is 11.9 Å². The van der Waals surface area contributed by atoms with Crippen LogP contribution in [0, 0.1) is 11.8 Å². The SMILES string of the molecule is C=CC(=O)OC(CC)C(CC)COCCCCCCOCC(CC)C(CC)OC(=O)C=C. The first kappa shape index (κ1) is 30.3. The highest BCUT2D eigenvalue weighted by atomic mass is 16.6. The van der Waals surface area contributed by atoms with Crippen molar-refractivity contribution >= 4 is 11.9 Å². The van der Waals surface area contributed by atoms with Gasteiger partial charge in [-0.3, -0.25) is 0 Å². The number of rotatable bonds is 21. The minimum absolute atomic E-state index is 0.123. The van der Waals surface area contributed by atoms with E-state index in [0.717, 1.165) is 51.4 Å². The Kier molecular flexibility index (Phi) is 18.9. The fourth-order valence-corrected chi connectivity index (χ4v) is 3.63. The Morgan fingerprint density at radius 1 is 0.656 bits per heavy atom. The van der Waals surface area contributed by atoms with Crippen molar-refractivity contribution in [2.45, 2.75) is 91.3 Å². The number of unbranched alkanes of at least 4 members (excludes halogenated alkanes) is 3. The van der Waals surface area contributed by atoms with Crippen LogP contribution in [0.3, 0.4) is 0 Å². The van der Waals surface area contributed by atoms with Crippen molar-refractivity contribution in [1.29, 1.82) is 0 Å². The zero-order valence-corrected chi connectivity index (χ0v) is 20.8. The van der Waals surface area contributed by atoms with Crippen molar-refractivity contribution in [3.05, 3.63) is 25.3 Å². The van der Waals surface area contributed by atoms with E-state index in [1.165, 1.54) is 12.2 Å². The fraction of sp³-hybridized carbons (Fsp3) is 0.769. The van der Waals surface area contributed by atoms with Crippen molar-refractivity contribution in [2.24, 2.45) is 11.8 Å². The summed E-state index contributed by atoms with van der Waals surface area (Å²) in [5.41, 5.74) is 0. The molecule has 0 amide bonds. The molecule has 0 aliphatic rings. The van der Waals surface area contributed by atoms with Crippen LogP contribution in [-0.4, -0.2) is 50.6 Å². The van der Waals surface area contributed by atoms with Gasteiger partial charge in [-0.15, -0.1) is 0 Å². The molecule has 0 saturated carbocycles. The summed E-state index contributed by atoms with van der Waals surface area (Å²) in [5, 5.41) is 0. The van der Waals surface area contributed by atoms with Gasteiger partial charge in [-0.25, -0.2) is 9.59 Å². The molecular formula is C26H46O6. The lowest BCUT2D eigenvalue weighted by atomic mass is 9.98. The van der Waals surface area contributed by atoms with E-state index in [-0.39, 0.29) is 36.0 Å².